The zero-order valence-electron chi connectivity index (χ0n) is 10.6. The molecule has 0 bridgehead atoms. The fourth-order valence-corrected chi connectivity index (χ4v) is 2.23. The van der Waals surface area contributed by atoms with Gasteiger partial charge in [0.15, 0.2) is 0 Å². The van der Waals surface area contributed by atoms with Gasteiger partial charge in [-0.1, -0.05) is 26.0 Å². The van der Waals surface area contributed by atoms with Crippen LogP contribution in [0.25, 0.3) is 0 Å². The molecule has 4 heteroatoms. The third-order valence-electron chi connectivity index (χ3n) is 2.14. The van der Waals surface area contributed by atoms with Gasteiger partial charge in [0.05, 0.1) is 10.7 Å². The monoisotopic (exact) mass is 239 g/mol. The Kier molecular flexibility index (Phi) is 5.09. The molecule has 0 aliphatic carbocycles. The summed E-state index contributed by atoms with van der Waals surface area (Å²) in [7, 11) is 1.98. The fourth-order valence-electron chi connectivity index (χ4n) is 1.30. The molecule has 1 rings (SSSR count). The summed E-state index contributed by atoms with van der Waals surface area (Å²) in [6.07, 6.45) is 0. The molecule has 0 unspecified atom stereocenters. The van der Waals surface area contributed by atoms with Crippen LogP contribution in [-0.2, 0) is 7.05 Å². The highest BCUT2D eigenvalue weighted by Gasteiger charge is 2.04. The van der Waals surface area contributed by atoms with Gasteiger partial charge in [-0.2, -0.15) is 5.10 Å². The highest BCUT2D eigenvalue weighted by Crippen LogP contribution is 2.19. The van der Waals surface area contributed by atoms with Crippen LogP contribution in [0.15, 0.2) is 23.2 Å². The molecule has 3 nitrogen and oxygen atoms in total. The Labute approximate surface area is 102 Å². The molecule has 0 atom stereocenters. The lowest BCUT2D eigenvalue weighted by Crippen LogP contribution is -2.25. The van der Waals surface area contributed by atoms with Crippen molar-refractivity contribution in [2.24, 2.45) is 7.05 Å². The first-order chi connectivity index (χ1) is 7.49. The molecule has 1 heterocycles. The van der Waals surface area contributed by atoms with E-state index in [1.165, 1.54) is 10.6 Å². The summed E-state index contributed by atoms with van der Waals surface area (Å²) in [5, 5.41) is 8.88. The molecule has 0 aromatic carbocycles. The summed E-state index contributed by atoms with van der Waals surface area (Å²) in [5.74, 6) is 0.943. The lowest BCUT2D eigenvalue weighted by atomic mass is 10.3. The van der Waals surface area contributed by atoms with E-state index in [9.17, 15) is 0 Å². The second kappa shape index (κ2) is 6.11. The summed E-state index contributed by atoms with van der Waals surface area (Å²) >= 11 is 1.79. The van der Waals surface area contributed by atoms with Gasteiger partial charge in [-0.25, -0.2) is 0 Å². The third kappa shape index (κ3) is 4.41. The highest BCUT2D eigenvalue weighted by molar-refractivity contribution is 7.99. The minimum atomic E-state index is 0.515. The van der Waals surface area contributed by atoms with E-state index in [0.29, 0.717) is 6.04 Å². The Hall–Kier alpha value is -0.740. The SMILES string of the molecule is C=C(CNC(C)C)CSc1cc(C)nn1C. The van der Waals surface area contributed by atoms with Crippen LogP contribution >= 0.6 is 11.8 Å². The van der Waals surface area contributed by atoms with E-state index in [1.807, 2.05) is 18.7 Å². The molecule has 0 amide bonds. The van der Waals surface area contributed by atoms with E-state index < -0.39 is 0 Å². The van der Waals surface area contributed by atoms with Crippen LogP contribution in [0.5, 0.6) is 0 Å². The number of aryl methyl sites for hydroxylation is 2. The molecule has 16 heavy (non-hydrogen) atoms. The van der Waals surface area contributed by atoms with Crippen LogP contribution in [0.3, 0.4) is 0 Å². The van der Waals surface area contributed by atoms with Gasteiger partial charge in [-0.3, -0.25) is 4.68 Å². The van der Waals surface area contributed by atoms with Gasteiger partial charge in [0.2, 0.25) is 0 Å². The second-order valence-corrected chi connectivity index (χ2v) is 5.32. The van der Waals surface area contributed by atoms with Gasteiger partial charge in [-0.15, -0.1) is 11.8 Å². The largest absolute Gasteiger partial charge is 0.311 e. The number of thioether (sulfide) groups is 1. The van der Waals surface area contributed by atoms with Crippen LogP contribution < -0.4 is 5.32 Å². The van der Waals surface area contributed by atoms with Crippen LogP contribution in [0.1, 0.15) is 19.5 Å². The first kappa shape index (κ1) is 13.3. The molecule has 0 saturated carbocycles. The van der Waals surface area contributed by atoms with Crippen molar-refractivity contribution in [3.05, 3.63) is 23.9 Å². The van der Waals surface area contributed by atoms with Crippen molar-refractivity contribution in [1.82, 2.24) is 15.1 Å². The minimum Gasteiger partial charge on any atom is -0.311 e. The Morgan fingerprint density at radius 3 is 2.81 bits per heavy atom. The first-order valence-electron chi connectivity index (χ1n) is 5.52. The molecule has 1 aromatic heterocycles. The summed E-state index contributed by atoms with van der Waals surface area (Å²) < 4.78 is 1.92. The first-order valence-corrected chi connectivity index (χ1v) is 6.51. The van der Waals surface area contributed by atoms with Gasteiger partial charge < -0.3 is 5.32 Å². The second-order valence-electron chi connectivity index (χ2n) is 4.32. The van der Waals surface area contributed by atoms with Crippen molar-refractivity contribution in [3.8, 4) is 0 Å². The maximum absolute atomic E-state index is 4.31. The molecule has 0 spiro atoms. The normalized spacial score (nSPS) is 11.1. The summed E-state index contributed by atoms with van der Waals surface area (Å²) in [4.78, 5) is 0. The smallest absolute Gasteiger partial charge is 0.0942 e. The van der Waals surface area contributed by atoms with E-state index in [2.05, 4.69) is 36.9 Å². The molecule has 0 saturated heterocycles. The van der Waals surface area contributed by atoms with Crippen LogP contribution in [-0.4, -0.2) is 28.1 Å². The van der Waals surface area contributed by atoms with Crippen LogP contribution in [0.4, 0.5) is 0 Å². The van der Waals surface area contributed by atoms with Crippen molar-refractivity contribution in [1.29, 1.82) is 0 Å². The van der Waals surface area contributed by atoms with Gasteiger partial charge in [-0.05, 0) is 13.0 Å². The van der Waals surface area contributed by atoms with Crippen molar-refractivity contribution in [2.75, 3.05) is 12.3 Å². The molecular weight excluding hydrogens is 218 g/mol. The van der Waals surface area contributed by atoms with Gasteiger partial charge in [0.25, 0.3) is 0 Å². The van der Waals surface area contributed by atoms with Gasteiger partial charge in [0, 0.05) is 25.4 Å². The van der Waals surface area contributed by atoms with Crippen LogP contribution in [0, 0.1) is 6.92 Å². The fraction of sp³-hybridized carbons (Fsp3) is 0.583. The Morgan fingerprint density at radius 1 is 1.62 bits per heavy atom. The Balaban J connectivity index is 2.34. The number of hydrogen-bond acceptors (Lipinski definition) is 3. The maximum atomic E-state index is 4.31. The van der Waals surface area contributed by atoms with Crippen molar-refractivity contribution in [2.45, 2.75) is 31.8 Å². The zero-order chi connectivity index (χ0) is 12.1. The molecule has 1 N–H and O–H groups in total. The number of hydrogen-bond donors (Lipinski definition) is 1. The zero-order valence-corrected chi connectivity index (χ0v) is 11.4. The standard InChI is InChI=1S/C12H21N3S/c1-9(2)13-7-10(3)8-16-12-6-11(4)14-15(12)5/h6,9,13H,3,7-8H2,1-2,4-5H3. The molecule has 90 valence electrons. The average molecular weight is 239 g/mol. The van der Waals surface area contributed by atoms with Gasteiger partial charge in [0.1, 0.15) is 0 Å². The van der Waals surface area contributed by atoms with Crippen molar-refractivity contribution < 1.29 is 0 Å². The lowest BCUT2D eigenvalue weighted by Gasteiger charge is -2.10. The molecule has 1 aromatic rings. The number of nitrogens with one attached hydrogen (secondary N) is 1. The summed E-state index contributed by atoms with van der Waals surface area (Å²) in [6, 6.07) is 2.62. The molecular formula is C12H21N3S. The van der Waals surface area contributed by atoms with E-state index in [1.54, 1.807) is 11.8 Å². The molecule has 0 aliphatic rings. The van der Waals surface area contributed by atoms with Gasteiger partial charge >= 0.3 is 0 Å². The number of aromatic nitrogens is 2. The predicted octanol–water partition coefficient (Wildman–Crippen LogP) is 2.37. The van der Waals surface area contributed by atoms with Crippen molar-refractivity contribution in [3.63, 3.8) is 0 Å². The Bertz CT molecular complexity index is 355. The summed E-state index contributed by atoms with van der Waals surface area (Å²) in [5.41, 5.74) is 2.29. The molecule has 0 radical (unpaired) electrons. The lowest BCUT2D eigenvalue weighted by molar-refractivity contribution is 0.622. The van der Waals surface area contributed by atoms with E-state index in [4.69, 9.17) is 0 Å². The average Bonchev–Trinajstić information content (AvgIpc) is 2.51. The molecule has 0 aliphatic heterocycles. The third-order valence-corrected chi connectivity index (χ3v) is 3.37. The Morgan fingerprint density at radius 2 is 2.31 bits per heavy atom. The number of nitrogens with zero attached hydrogens (tertiary/aromatic N) is 2. The maximum Gasteiger partial charge on any atom is 0.0942 e. The molecule has 0 fully saturated rings. The quantitative estimate of drug-likeness (QED) is 0.610. The predicted molar refractivity (Wildman–Crippen MR) is 70.9 cm³/mol. The van der Waals surface area contributed by atoms with E-state index in [-0.39, 0.29) is 0 Å². The van der Waals surface area contributed by atoms with Crippen LogP contribution in [0.2, 0.25) is 0 Å². The van der Waals surface area contributed by atoms with E-state index >= 15 is 0 Å². The van der Waals surface area contributed by atoms with E-state index in [0.717, 1.165) is 18.0 Å². The highest BCUT2D eigenvalue weighted by atomic mass is 32.2. The number of rotatable bonds is 6. The minimum absolute atomic E-state index is 0.515. The van der Waals surface area contributed by atoms with Crippen molar-refractivity contribution >= 4 is 11.8 Å². The summed E-state index contributed by atoms with van der Waals surface area (Å²) in [6.45, 7) is 11.3. The topological polar surface area (TPSA) is 29.9 Å².